The van der Waals surface area contributed by atoms with Gasteiger partial charge in [0.25, 0.3) is 0 Å². The zero-order chi connectivity index (χ0) is 15.2. The summed E-state index contributed by atoms with van der Waals surface area (Å²) in [5.41, 5.74) is 0. The Kier molecular flexibility index (Phi) is 9.96. The van der Waals surface area contributed by atoms with Crippen molar-refractivity contribution in [2.24, 2.45) is 0 Å². The third kappa shape index (κ3) is 5.76. The third-order valence-corrected chi connectivity index (χ3v) is 5.02. The Morgan fingerprint density at radius 1 is 1.08 bits per heavy atom. The lowest BCUT2D eigenvalue weighted by Crippen LogP contribution is -2.45. The molecule has 1 aromatic heterocycles. The van der Waals surface area contributed by atoms with Gasteiger partial charge in [0.05, 0.1) is 6.54 Å². The first-order valence-corrected chi connectivity index (χ1v) is 8.83. The minimum absolute atomic E-state index is 0. The standard InChI is InChI=1S/C16H29N5O.2ClH/c1-17-12-15-19-20-16(22-15)18-10-9-14-8-4-5-11-21(14)13-6-2-3-7-13;;/h13-14,17H,2-12H2,1H3,(H,18,20);2*1H. The number of piperidine rings is 1. The molecule has 1 atom stereocenters. The van der Waals surface area contributed by atoms with Crippen LogP contribution in [0.2, 0.25) is 0 Å². The Balaban J connectivity index is 0.00000144. The number of nitrogens with one attached hydrogen (secondary N) is 2. The summed E-state index contributed by atoms with van der Waals surface area (Å²) in [4.78, 5) is 2.79. The Morgan fingerprint density at radius 3 is 2.58 bits per heavy atom. The number of hydrogen-bond acceptors (Lipinski definition) is 6. The quantitative estimate of drug-likeness (QED) is 0.757. The molecule has 24 heavy (non-hydrogen) atoms. The number of anilines is 1. The van der Waals surface area contributed by atoms with E-state index in [1.807, 2.05) is 7.05 Å². The Hall–Kier alpha value is -0.560. The molecule has 2 fully saturated rings. The number of likely N-dealkylation sites (tertiary alicyclic amines) is 1. The molecule has 2 aliphatic rings. The van der Waals surface area contributed by atoms with Crippen molar-refractivity contribution < 1.29 is 4.42 Å². The van der Waals surface area contributed by atoms with Crippen molar-refractivity contribution in [3.05, 3.63) is 5.89 Å². The van der Waals surface area contributed by atoms with E-state index < -0.39 is 0 Å². The van der Waals surface area contributed by atoms with E-state index in [-0.39, 0.29) is 24.8 Å². The van der Waals surface area contributed by atoms with Crippen molar-refractivity contribution >= 4 is 30.8 Å². The molecule has 1 aromatic rings. The Morgan fingerprint density at radius 2 is 1.83 bits per heavy atom. The van der Waals surface area contributed by atoms with Crippen LogP contribution < -0.4 is 10.6 Å². The predicted octanol–water partition coefficient (Wildman–Crippen LogP) is 3.23. The number of aromatic nitrogens is 2. The molecule has 1 unspecified atom stereocenters. The molecule has 1 saturated heterocycles. The van der Waals surface area contributed by atoms with E-state index in [0.717, 1.165) is 18.6 Å². The van der Waals surface area contributed by atoms with Crippen molar-refractivity contribution in [3.8, 4) is 0 Å². The van der Waals surface area contributed by atoms with Crippen LogP contribution in [0.25, 0.3) is 0 Å². The molecule has 1 saturated carbocycles. The van der Waals surface area contributed by atoms with Crippen LogP contribution in [0.5, 0.6) is 0 Å². The number of halogens is 2. The van der Waals surface area contributed by atoms with E-state index in [9.17, 15) is 0 Å². The molecule has 140 valence electrons. The van der Waals surface area contributed by atoms with Crippen LogP contribution in [0.4, 0.5) is 6.01 Å². The van der Waals surface area contributed by atoms with Crippen molar-refractivity contribution in [2.45, 2.75) is 70.0 Å². The largest absolute Gasteiger partial charge is 0.407 e. The van der Waals surface area contributed by atoms with E-state index in [0.29, 0.717) is 18.5 Å². The molecule has 0 amide bonds. The Bertz CT molecular complexity index is 453. The SMILES string of the molecule is CNCc1nnc(NCCC2CCCCN2C2CCCC2)o1.Cl.Cl. The summed E-state index contributed by atoms with van der Waals surface area (Å²) in [5.74, 6) is 0.634. The van der Waals surface area contributed by atoms with E-state index in [1.165, 1.54) is 57.9 Å². The lowest BCUT2D eigenvalue weighted by molar-refractivity contribution is 0.0932. The van der Waals surface area contributed by atoms with E-state index >= 15 is 0 Å². The molecule has 1 aliphatic carbocycles. The summed E-state index contributed by atoms with van der Waals surface area (Å²) >= 11 is 0. The second kappa shape index (κ2) is 11.1. The van der Waals surface area contributed by atoms with Gasteiger partial charge in [0.2, 0.25) is 5.89 Å². The van der Waals surface area contributed by atoms with Crippen molar-refractivity contribution in [3.63, 3.8) is 0 Å². The Labute approximate surface area is 157 Å². The summed E-state index contributed by atoms with van der Waals surface area (Å²) in [5, 5.41) is 14.3. The first-order chi connectivity index (χ1) is 10.9. The topological polar surface area (TPSA) is 66.2 Å². The highest BCUT2D eigenvalue weighted by Crippen LogP contribution is 2.30. The van der Waals surface area contributed by atoms with Gasteiger partial charge in [0, 0.05) is 18.6 Å². The zero-order valence-electron chi connectivity index (χ0n) is 14.5. The fourth-order valence-corrected chi connectivity index (χ4v) is 3.94. The van der Waals surface area contributed by atoms with Crippen LogP contribution in [0, 0.1) is 0 Å². The fraction of sp³-hybridized carbons (Fsp3) is 0.875. The summed E-state index contributed by atoms with van der Waals surface area (Å²) in [6, 6.07) is 2.12. The molecule has 1 aliphatic heterocycles. The predicted molar refractivity (Wildman–Crippen MR) is 101 cm³/mol. The highest BCUT2D eigenvalue weighted by atomic mass is 35.5. The lowest BCUT2D eigenvalue weighted by atomic mass is 9.96. The van der Waals surface area contributed by atoms with Gasteiger partial charge in [0.15, 0.2) is 0 Å². The monoisotopic (exact) mass is 379 g/mol. The fourth-order valence-electron chi connectivity index (χ4n) is 3.94. The zero-order valence-corrected chi connectivity index (χ0v) is 16.1. The van der Waals surface area contributed by atoms with Gasteiger partial charge >= 0.3 is 6.01 Å². The molecule has 0 aromatic carbocycles. The summed E-state index contributed by atoms with van der Waals surface area (Å²) in [6.45, 7) is 2.82. The van der Waals surface area contributed by atoms with E-state index in [4.69, 9.17) is 4.42 Å². The van der Waals surface area contributed by atoms with Crippen LogP contribution in [0.15, 0.2) is 4.42 Å². The van der Waals surface area contributed by atoms with Crippen molar-refractivity contribution in [1.29, 1.82) is 0 Å². The average Bonchev–Trinajstić information content (AvgIpc) is 3.20. The molecule has 6 nitrogen and oxygen atoms in total. The molecular formula is C16H31Cl2N5O. The number of hydrogen-bond donors (Lipinski definition) is 2. The maximum atomic E-state index is 5.53. The van der Waals surface area contributed by atoms with Crippen molar-refractivity contribution in [1.82, 2.24) is 20.4 Å². The molecular weight excluding hydrogens is 349 g/mol. The van der Waals surface area contributed by atoms with Crippen molar-refractivity contribution in [2.75, 3.05) is 25.5 Å². The van der Waals surface area contributed by atoms with Crippen LogP contribution >= 0.6 is 24.8 Å². The van der Waals surface area contributed by atoms with E-state index in [2.05, 4.69) is 25.7 Å². The normalized spacial score (nSPS) is 22.0. The summed E-state index contributed by atoms with van der Waals surface area (Å²) < 4.78 is 5.53. The van der Waals surface area contributed by atoms with Gasteiger partial charge in [-0.1, -0.05) is 24.4 Å². The first kappa shape index (κ1) is 21.5. The first-order valence-electron chi connectivity index (χ1n) is 8.83. The van der Waals surface area contributed by atoms with Crippen LogP contribution in [-0.2, 0) is 6.54 Å². The molecule has 0 spiro atoms. The second-order valence-electron chi connectivity index (χ2n) is 6.57. The van der Waals surface area contributed by atoms with E-state index in [1.54, 1.807) is 0 Å². The minimum atomic E-state index is 0. The van der Waals surface area contributed by atoms with Gasteiger partial charge in [-0.3, -0.25) is 4.90 Å². The highest BCUT2D eigenvalue weighted by molar-refractivity contribution is 5.85. The minimum Gasteiger partial charge on any atom is -0.407 e. The number of nitrogens with zero attached hydrogens (tertiary/aromatic N) is 3. The van der Waals surface area contributed by atoms with Gasteiger partial charge < -0.3 is 15.1 Å². The maximum absolute atomic E-state index is 5.53. The number of rotatable bonds is 7. The van der Waals surface area contributed by atoms with Gasteiger partial charge in [-0.2, -0.15) is 0 Å². The molecule has 0 radical (unpaired) electrons. The van der Waals surface area contributed by atoms with Crippen LogP contribution in [-0.4, -0.2) is 47.3 Å². The van der Waals surface area contributed by atoms with Crippen LogP contribution in [0.1, 0.15) is 57.3 Å². The van der Waals surface area contributed by atoms with Gasteiger partial charge in [0.1, 0.15) is 0 Å². The summed E-state index contributed by atoms with van der Waals surface area (Å²) in [7, 11) is 1.87. The third-order valence-electron chi connectivity index (χ3n) is 5.02. The highest BCUT2D eigenvalue weighted by Gasteiger charge is 2.30. The second-order valence-corrected chi connectivity index (χ2v) is 6.57. The molecule has 2 heterocycles. The average molecular weight is 380 g/mol. The molecule has 3 rings (SSSR count). The van der Waals surface area contributed by atoms with Crippen LogP contribution in [0.3, 0.4) is 0 Å². The van der Waals surface area contributed by atoms with Gasteiger partial charge in [-0.25, -0.2) is 0 Å². The maximum Gasteiger partial charge on any atom is 0.315 e. The molecule has 8 heteroatoms. The van der Waals surface area contributed by atoms with Gasteiger partial charge in [-0.15, -0.1) is 29.9 Å². The van der Waals surface area contributed by atoms with Gasteiger partial charge in [-0.05, 0) is 45.7 Å². The molecule has 2 N–H and O–H groups in total. The molecule has 0 bridgehead atoms. The lowest BCUT2D eigenvalue weighted by Gasteiger charge is -2.40. The summed E-state index contributed by atoms with van der Waals surface area (Å²) in [6.07, 6.45) is 10.9. The smallest absolute Gasteiger partial charge is 0.315 e.